The minimum atomic E-state index is -2.47. The molecule has 0 bridgehead atoms. The summed E-state index contributed by atoms with van der Waals surface area (Å²) in [6.07, 6.45) is 1.25. The summed E-state index contributed by atoms with van der Waals surface area (Å²) >= 11 is 0.343. The Morgan fingerprint density at radius 2 is 2.33 bits per heavy atom. The van der Waals surface area contributed by atoms with Gasteiger partial charge in [-0.1, -0.05) is 0 Å². The van der Waals surface area contributed by atoms with Gasteiger partial charge in [0.2, 0.25) is 0 Å². The Kier molecular flexibility index (Phi) is 3.09. The molecule has 0 aliphatic rings. The van der Waals surface area contributed by atoms with E-state index in [1.54, 1.807) is 0 Å². The van der Waals surface area contributed by atoms with Crippen molar-refractivity contribution in [3.63, 3.8) is 0 Å². The van der Waals surface area contributed by atoms with Crippen molar-refractivity contribution < 1.29 is 13.2 Å². The maximum atomic E-state index is 11.8. The first kappa shape index (κ1) is 9.05. The number of nitrogens with zero attached hydrogens (tertiary/aromatic N) is 1. The van der Waals surface area contributed by atoms with E-state index in [0.29, 0.717) is 17.5 Å². The molecule has 0 amide bonds. The van der Waals surface area contributed by atoms with Gasteiger partial charge in [0, 0.05) is 0 Å². The average Bonchev–Trinajstić information content (AvgIpc) is 2.36. The molecule has 0 saturated heterocycles. The van der Waals surface area contributed by atoms with Crippen LogP contribution in [0, 0.1) is 0 Å². The number of nitrogens with two attached hydrogens (primary N) is 1. The van der Waals surface area contributed by atoms with E-state index >= 15 is 0 Å². The zero-order valence-electron chi connectivity index (χ0n) is 5.91. The van der Waals surface area contributed by atoms with Crippen molar-refractivity contribution in [1.29, 1.82) is 0 Å². The summed E-state index contributed by atoms with van der Waals surface area (Å²) in [5, 5.41) is 3.34. The lowest BCUT2D eigenvalue weighted by Gasteiger charge is -1.91. The fraction of sp³-hybridized carbons (Fsp3) is 0.167. The predicted molar refractivity (Wildman–Crippen MR) is 42.4 cm³/mol. The highest BCUT2D eigenvalue weighted by Gasteiger charge is 2.08. The molecule has 0 unspecified atom stereocenters. The van der Waals surface area contributed by atoms with Crippen LogP contribution in [0.5, 0.6) is 0 Å². The lowest BCUT2D eigenvalue weighted by atomic mass is 10.5. The lowest BCUT2D eigenvalue weighted by molar-refractivity contribution is 0.250. The average molecular weight is 192 g/mol. The molecule has 0 spiro atoms. The van der Waals surface area contributed by atoms with Crippen molar-refractivity contribution in [2.45, 2.75) is 10.8 Å². The minimum absolute atomic E-state index is 0.153. The van der Waals surface area contributed by atoms with Crippen LogP contribution >= 0.6 is 11.8 Å². The number of alkyl halides is 2. The quantitative estimate of drug-likeness (QED) is 0.344. The van der Waals surface area contributed by atoms with E-state index in [1.165, 1.54) is 18.3 Å². The molecule has 2 N–H and O–H groups in total. The lowest BCUT2D eigenvalue weighted by Crippen LogP contribution is -1.82. The van der Waals surface area contributed by atoms with Crippen LogP contribution < -0.4 is 5.84 Å². The van der Waals surface area contributed by atoms with Gasteiger partial charge in [0.1, 0.15) is 5.76 Å². The van der Waals surface area contributed by atoms with Gasteiger partial charge in [-0.2, -0.15) is 13.9 Å². The van der Waals surface area contributed by atoms with Crippen molar-refractivity contribution in [3.8, 4) is 0 Å². The molecule has 12 heavy (non-hydrogen) atoms. The highest BCUT2D eigenvalue weighted by atomic mass is 32.2. The van der Waals surface area contributed by atoms with E-state index in [9.17, 15) is 8.78 Å². The summed E-state index contributed by atoms with van der Waals surface area (Å²) in [5.41, 5.74) is 0. The van der Waals surface area contributed by atoms with Crippen LogP contribution in [0.1, 0.15) is 5.76 Å². The topological polar surface area (TPSA) is 51.5 Å². The van der Waals surface area contributed by atoms with E-state index < -0.39 is 5.76 Å². The summed E-state index contributed by atoms with van der Waals surface area (Å²) in [6.45, 7) is 0. The van der Waals surface area contributed by atoms with Gasteiger partial charge in [0.25, 0.3) is 5.76 Å². The number of hydrogen-bond acceptors (Lipinski definition) is 4. The second-order valence-electron chi connectivity index (χ2n) is 1.81. The van der Waals surface area contributed by atoms with E-state index in [1.807, 2.05) is 0 Å². The molecule has 0 aliphatic heterocycles. The highest BCUT2D eigenvalue weighted by molar-refractivity contribution is 7.99. The van der Waals surface area contributed by atoms with Crippen molar-refractivity contribution >= 4 is 18.0 Å². The molecule has 0 atom stereocenters. The summed E-state index contributed by atoms with van der Waals surface area (Å²) in [4.78, 5) is 0. The molecule has 66 valence electrons. The van der Waals surface area contributed by atoms with E-state index in [0.717, 1.165) is 0 Å². The molecule has 3 nitrogen and oxygen atoms in total. The Morgan fingerprint density at radius 3 is 2.92 bits per heavy atom. The van der Waals surface area contributed by atoms with Crippen LogP contribution in [0.2, 0.25) is 0 Å². The summed E-state index contributed by atoms with van der Waals surface area (Å²) in [6, 6.07) is 2.95. The Hall–Kier alpha value is -1.04. The summed E-state index contributed by atoms with van der Waals surface area (Å²) in [5.74, 6) is 2.71. The van der Waals surface area contributed by atoms with Crippen molar-refractivity contribution in [2.75, 3.05) is 0 Å². The van der Waals surface area contributed by atoms with Gasteiger partial charge < -0.3 is 10.3 Å². The Bertz CT molecular complexity index is 274. The molecule has 0 saturated carbocycles. The van der Waals surface area contributed by atoms with Crippen LogP contribution in [0.3, 0.4) is 0 Å². The number of furan rings is 1. The van der Waals surface area contributed by atoms with Crippen molar-refractivity contribution in [1.82, 2.24) is 0 Å². The third kappa shape index (κ3) is 2.54. The van der Waals surface area contributed by atoms with Gasteiger partial charge in [-0.05, 0) is 23.9 Å². The monoisotopic (exact) mass is 192 g/mol. The van der Waals surface area contributed by atoms with Crippen LogP contribution in [0.25, 0.3) is 0 Å². The van der Waals surface area contributed by atoms with Gasteiger partial charge >= 0.3 is 0 Å². The zero-order chi connectivity index (χ0) is 8.97. The molecule has 0 radical (unpaired) electrons. The first-order chi connectivity index (χ1) is 5.72. The molecule has 1 aromatic heterocycles. The van der Waals surface area contributed by atoms with E-state index in [-0.39, 0.29) is 5.09 Å². The molecule has 6 heteroatoms. The second-order valence-corrected chi connectivity index (χ2v) is 2.81. The van der Waals surface area contributed by atoms with E-state index in [4.69, 9.17) is 10.3 Å². The summed E-state index contributed by atoms with van der Waals surface area (Å²) < 4.78 is 28.4. The minimum Gasteiger partial charge on any atom is -0.449 e. The predicted octanol–water partition coefficient (Wildman–Crippen LogP) is 1.89. The third-order valence-electron chi connectivity index (χ3n) is 1.01. The second kappa shape index (κ2) is 4.10. The fourth-order valence-corrected chi connectivity index (χ4v) is 1.09. The maximum Gasteiger partial charge on any atom is 0.291 e. The SMILES string of the molecule is N/N=C/c1ccc(SC(F)F)o1. The first-order valence-electron chi connectivity index (χ1n) is 3.00. The molecular weight excluding hydrogens is 186 g/mol. The van der Waals surface area contributed by atoms with Crippen LogP contribution in [-0.4, -0.2) is 12.0 Å². The number of halogens is 2. The van der Waals surface area contributed by atoms with Gasteiger partial charge in [0.15, 0.2) is 5.09 Å². The van der Waals surface area contributed by atoms with Gasteiger partial charge in [-0.15, -0.1) is 0 Å². The largest absolute Gasteiger partial charge is 0.449 e. The standard InChI is InChI=1S/C6H6F2N2OS/c7-6(8)12-5-2-1-4(11-5)3-10-9/h1-3,6H,9H2/b10-3+. The molecule has 0 fully saturated rings. The van der Waals surface area contributed by atoms with Gasteiger partial charge in [0.05, 0.1) is 6.21 Å². The third-order valence-corrected chi connectivity index (χ3v) is 1.64. The van der Waals surface area contributed by atoms with Crippen LogP contribution in [0.15, 0.2) is 26.7 Å². The van der Waals surface area contributed by atoms with E-state index in [2.05, 4.69) is 5.10 Å². The Labute approximate surface area is 71.6 Å². The molecular formula is C6H6F2N2OS. The maximum absolute atomic E-state index is 11.8. The molecule has 0 aliphatic carbocycles. The Balaban J connectivity index is 2.64. The van der Waals surface area contributed by atoms with Crippen molar-refractivity contribution in [2.24, 2.45) is 10.9 Å². The van der Waals surface area contributed by atoms with Crippen LogP contribution in [-0.2, 0) is 0 Å². The number of hydrazone groups is 1. The molecule has 1 aromatic rings. The van der Waals surface area contributed by atoms with Gasteiger partial charge in [-0.3, -0.25) is 0 Å². The molecule has 1 rings (SSSR count). The number of thioether (sulfide) groups is 1. The van der Waals surface area contributed by atoms with Gasteiger partial charge in [-0.25, -0.2) is 0 Å². The fourth-order valence-electron chi connectivity index (χ4n) is 0.628. The highest BCUT2D eigenvalue weighted by Crippen LogP contribution is 2.26. The Morgan fingerprint density at radius 1 is 1.58 bits per heavy atom. The smallest absolute Gasteiger partial charge is 0.291 e. The number of rotatable bonds is 3. The normalized spacial score (nSPS) is 11.6. The van der Waals surface area contributed by atoms with Crippen molar-refractivity contribution in [3.05, 3.63) is 17.9 Å². The number of hydrogen-bond donors (Lipinski definition) is 1. The first-order valence-corrected chi connectivity index (χ1v) is 3.88. The van der Waals surface area contributed by atoms with Crippen LogP contribution in [0.4, 0.5) is 8.78 Å². The zero-order valence-corrected chi connectivity index (χ0v) is 6.72. The molecule has 0 aromatic carbocycles. The molecule has 1 heterocycles. The summed E-state index contributed by atoms with van der Waals surface area (Å²) in [7, 11) is 0.